The molecule has 0 radical (unpaired) electrons. The zero-order chi connectivity index (χ0) is 11.6. The summed E-state index contributed by atoms with van der Waals surface area (Å²) in [4.78, 5) is 11.7. The van der Waals surface area contributed by atoms with E-state index in [0.29, 0.717) is 6.42 Å². The number of amides is 1. The Morgan fingerprint density at radius 1 is 1.38 bits per heavy atom. The van der Waals surface area contributed by atoms with Crippen LogP contribution in [0.5, 0.6) is 0 Å². The highest BCUT2D eigenvalue weighted by Crippen LogP contribution is 2.38. The molecule has 1 saturated carbocycles. The summed E-state index contributed by atoms with van der Waals surface area (Å²) in [6.07, 6.45) is 6.92. The molecule has 0 aromatic rings. The third-order valence-corrected chi connectivity index (χ3v) is 3.36. The summed E-state index contributed by atoms with van der Waals surface area (Å²) in [5, 5.41) is 2.84. The van der Waals surface area contributed by atoms with Crippen LogP contribution in [0.1, 0.15) is 38.5 Å². The fraction of sp³-hybridized carbons (Fsp3) is 0.750. The predicted molar refractivity (Wildman–Crippen MR) is 57.2 cm³/mol. The quantitative estimate of drug-likeness (QED) is 0.725. The van der Waals surface area contributed by atoms with Gasteiger partial charge < -0.3 is 5.32 Å². The van der Waals surface area contributed by atoms with Gasteiger partial charge >= 0.3 is 0 Å². The van der Waals surface area contributed by atoms with E-state index in [1.807, 2.05) is 12.2 Å². The summed E-state index contributed by atoms with van der Waals surface area (Å²) >= 11 is 0. The molecule has 90 valence electrons. The molecule has 2 unspecified atom stereocenters. The second kappa shape index (κ2) is 4.52. The molecule has 0 spiro atoms. The van der Waals surface area contributed by atoms with Crippen molar-refractivity contribution in [2.75, 3.05) is 0 Å². The number of carbonyl (C=O) groups is 1. The highest BCUT2D eigenvalue weighted by molar-refractivity contribution is 5.79. The van der Waals surface area contributed by atoms with Gasteiger partial charge in [-0.3, -0.25) is 4.79 Å². The topological polar surface area (TPSA) is 29.1 Å². The minimum Gasteiger partial charge on any atom is -0.350 e. The Kier molecular flexibility index (Phi) is 3.26. The van der Waals surface area contributed by atoms with Crippen LogP contribution in [0.15, 0.2) is 12.2 Å². The van der Waals surface area contributed by atoms with Crippen LogP contribution in [0, 0.1) is 5.92 Å². The van der Waals surface area contributed by atoms with Crippen LogP contribution in [0.4, 0.5) is 8.78 Å². The Morgan fingerprint density at radius 3 is 2.75 bits per heavy atom. The first kappa shape index (κ1) is 11.6. The van der Waals surface area contributed by atoms with E-state index in [1.165, 1.54) is 0 Å². The molecule has 2 aliphatic rings. The summed E-state index contributed by atoms with van der Waals surface area (Å²) in [5.41, 5.74) is 0. The molecular weight excluding hydrogens is 212 g/mol. The standard InChI is InChI=1S/C12H17F2NO/c13-12(14)7-6-9(8-12)11(16)15-10-4-2-1-3-5-10/h2,4,9-10H,1,3,5-8H2,(H,15,16). The third kappa shape index (κ3) is 2.80. The van der Waals surface area contributed by atoms with Crippen molar-refractivity contribution in [3.05, 3.63) is 12.2 Å². The second-order valence-electron chi connectivity index (χ2n) is 4.77. The maximum Gasteiger partial charge on any atom is 0.248 e. The average Bonchev–Trinajstić information content (AvgIpc) is 2.60. The Morgan fingerprint density at radius 2 is 2.19 bits per heavy atom. The Balaban J connectivity index is 1.84. The van der Waals surface area contributed by atoms with E-state index in [4.69, 9.17) is 0 Å². The molecule has 16 heavy (non-hydrogen) atoms. The van der Waals surface area contributed by atoms with Crippen molar-refractivity contribution in [2.24, 2.45) is 5.92 Å². The van der Waals surface area contributed by atoms with Crippen molar-refractivity contribution in [3.63, 3.8) is 0 Å². The number of halogens is 2. The molecule has 4 heteroatoms. The van der Waals surface area contributed by atoms with Crippen LogP contribution in [-0.2, 0) is 4.79 Å². The normalized spacial score (nSPS) is 32.6. The molecule has 2 nitrogen and oxygen atoms in total. The molecule has 0 saturated heterocycles. The SMILES string of the molecule is O=C(NC1C=CCCC1)C1CCC(F)(F)C1. The number of rotatable bonds is 2. The van der Waals surface area contributed by atoms with Gasteiger partial charge in [0, 0.05) is 24.8 Å². The van der Waals surface area contributed by atoms with Gasteiger partial charge in [-0.05, 0) is 25.7 Å². The lowest BCUT2D eigenvalue weighted by Gasteiger charge is -2.20. The van der Waals surface area contributed by atoms with Crippen LogP contribution in [-0.4, -0.2) is 17.9 Å². The van der Waals surface area contributed by atoms with E-state index in [1.54, 1.807) is 0 Å². The smallest absolute Gasteiger partial charge is 0.248 e. The number of hydrogen-bond acceptors (Lipinski definition) is 1. The lowest BCUT2D eigenvalue weighted by atomic mass is 10.0. The molecular formula is C12H17F2NO. The zero-order valence-corrected chi connectivity index (χ0v) is 9.22. The van der Waals surface area contributed by atoms with Crippen LogP contribution in [0.25, 0.3) is 0 Å². The average molecular weight is 229 g/mol. The number of hydrogen-bond donors (Lipinski definition) is 1. The van der Waals surface area contributed by atoms with Gasteiger partial charge in [-0.15, -0.1) is 0 Å². The summed E-state index contributed by atoms with van der Waals surface area (Å²) in [5.74, 6) is -3.33. The Hall–Kier alpha value is -0.930. The Labute approximate surface area is 94.1 Å². The summed E-state index contributed by atoms with van der Waals surface area (Å²) < 4.78 is 25.9. The van der Waals surface area contributed by atoms with Crippen molar-refractivity contribution >= 4 is 5.91 Å². The van der Waals surface area contributed by atoms with Crippen LogP contribution >= 0.6 is 0 Å². The molecule has 1 N–H and O–H groups in total. The number of carbonyl (C=O) groups excluding carboxylic acids is 1. The predicted octanol–water partition coefficient (Wildman–Crippen LogP) is 2.65. The molecule has 2 atom stereocenters. The van der Waals surface area contributed by atoms with Gasteiger partial charge in [0.05, 0.1) is 0 Å². The van der Waals surface area contributed by atoms with E-state index in [0.717, 1.165) is 19.3 Å². The van der Waals surface area contributed by atoms with E-state index < -0.39 is 11.8 Å². The van der Waals surface area contributed by atoms with Gasteiger partial charge in [0.25, 0.3) is 0 Å². The van der Waals surface area contributed by atoms with Gasteiger partial charge in [-0.2, -0.15) is 0 Å². The summed E-state index contributed by atoms with van der Waals surface area (Å²) in [6.45, 7) is 0. The van der Waals surface area contributed by atoms with Crippen molar-refractivity contribution in [1.82, 2.24) is 5.32 Å². The molecule has 0 heterocycles. The van der Waals surface area contributed by atoms with E-state index in [-0.39, 0.29) is 24.8 Å². The highest BCUT2D eigenvalue weighted by atomic mass is 19.3. The van der Waals surface area contributed by atoms with E-state index >= 15 is 0 Å². The second-order valence-corrected chi connectivity index (χ2v) is 4.77. The maximum atomic E-state index is 12.9. The first-order valence-corrected chi connectivity index (χ1v) is 5.92. The van der Waals surface area contributed by atoms with Gasteiger partial charge in [0.15, 0.2) is 0 Å². The Bertz CT molecular complexity index is 301. The zero-order valence-electron chi connectivity index (χ0n) is 9.22. The maximum absolute atomic E-state index is 12.9. The van der Waals surface area contributed by atoms with Crippen molar-refractivity contribution < 1.29 is 13.6 Å². The van der Waals surface area contributed by atoms with E-state index in [2.05, 4.69) is 5.32 Å². The number of alkyl halides is 2. The molecule has 0 bridgehead atoms. The summed E-state index contributed by atoms with van der Waals surface area (Å²) in [7, 11) is 0. The number of nitrogens with one attached hydrogen (secondary N) is 1. The molecule has 0 aromatic carbocycles. The highest BCUT2D eigenvalue weighted by Gasteiger charge is 2.42. The van der Waals surface area contributed by atoms with Crippen molar-refractivity contribution in [2.45, 2.75) is 50.5 Å². The van der Waals surface area contributed by atoms with Gasteiger partial charge in [-0.1, -0.05) is 12.2 Å². The largest absolute Gasteiger partial charge is 0.350 e. The van der Waals surface area contributed by atoms with Gasteiger partial charge in [0.2, 0.25) is 11.8 Å². The molecule has 0 aliphatic heterocycles. The van der Waals surface area contributed by atoms with Gasteiger partial charge in [0.1, 0.15) is 0 Å². The van der Waals surface area contributed by atoms with Crippen molar-refractivity contribution in [1.29, 1.82) is 0 Å². The fourth-order valence-corrected chi connectivity index (χ4v) is 2.41. The molecule has 2 rings (SSSR count). The lowest BCUT2D eigenvalue weighted by Crippen LogP contribution is -2.38. The molecule has 2 aliphatic carbocycles. The van der Waals surface area contributed by atoms with Crippen LogP contribution in [0.3, 0.4) is 0 Å². The van der Waals surface area contributed by atoms with Crippen LogP contribution in [0.2, 0.25) is 0 Å². The molecule has 1 amide bonds. The minimum absolute atomic E-state index is 0.0514. The van der Waals surface area contributed by atoms with E-state index in [9.17, 15) is 13.6 Å². The minimum atomic E-state index is -2.63. The monoisotopic (exact) mass is 229 g/mol. The van der Waals surface area contributed by atoms with Gasteiger partial charge in [-0.25, -0.2) is 8.78 Å². The van der Waals surface area contributed by atoms with Crippen LogP contribution < -0.4 is 5.32 Å². The molecule has 0 aromatic heterocycles. The van der Waals surface area contributed by atoms with Crippen molar-refractivity contribution in [3.8, 4) is 0 Å². The third-order valence-electron chi connectivity index (χ3n) is 3.36. The molecule has 1 fully saturated rings. The number of allylic oxidation sites excluding steroid dienone is 1. The fourth-order valence-electron chi connectivity index (χ4n) is 2.41. The first-order chi connectivity index (χ1) is 7.57. The first-order valence-electron chi connectivity index (χ1n) is 5.92. The summed E-state index contributed by atoms with van der Waals surface area (Å²) in [6, 6.07) is 0.0514. The lowest BCUT2D eigenvalue weighted by molar-refractivity contribution is -0.126.